The number of rotatable bonds is 5. The van der Waals surface area contributed by atoms with Gasteiger partial charge in [0.2, 0.25) is 11.8 Å². The molecular formula is C18H24ClN3O2. The largest absolute Gasteiger partial charge is 0.369 e. The minimum absolute atomic E-state index is 0.00110. The molecule has 2 fully saturated rings. The number of carbonyl (C=O) groups is 2. The number of likely N-dealkylation sites (tertiary alicyclic amines) is 1. The van der Waals surface area contributed by atoms with Crippen LogP contribution in [0.2, 0.25) is 5.02 Å². The summed E-state index contributed by atoms with van der Waals surface area (Å²) in [6.45, 7) is 5.49. The van der Waals surface area contributed by atoms with E-state index in [1.807, 2.05) is 12.1 Å². The Bertz CT molecular complexity index is 566. The first-order chi connectivity index (χ1) is 11.6. The fraction of sp³-hybridized carbons (Fsp3) is 0.556. The maximum atomic E-state index is 11.8. The molecule has 0 radical (unpaired) electrons. The second-order valence-corrected chi connectivity index (χ2v) is 6.89. The molecule has 3 rings (SSSR count). The van der Waals surface area contributed by atoms with Crippen LogP contribution in [0, 0.1) is 0 Å². The molecule has 0 unspecified atom stereocenters. The van der Waals surface area contributed by atoms with Gasteiger partial charge in [-0.1, -0.05) is 11.6 Å². The summed E-state index contributed by atoms with van der Waals surface area (Å²) >= 11 is 5.94. The van der Waals surface area contributed by atoms with Gasteiger partial charge in [-0.2, -0.15) is 0 Å². The predicted molar refractivity (Wildman–Crippen MR) is 95.3 cm³/mol. The molecule has 0 spiro atoms. The van der Waals surface area contributed by atoms with E-state index < -0.39 is 0 Å². The normalized spacial score (nSPS) is 19.9. The maximum absolute atomic E-state index is 11.8. The molecule has 2 heterocycles. The highest BCUT2D eigenvalue weighted by Gasteiger charge is 2.25. The zero-order chi connectivity index (χ0) is 16.9. The Labute approximate surface area is 148 Å². The van der Waals surface area contributed by atoms with Crippen molar-refractivity contribution >= 4 is 29.1 Å². The zero-order valence-electron chi connectivity index (χ0n) is 13.9. The topological polar surface area (TPSA) is 43.9 Å². The van der Waals surface area contributed by atoms with Crippen molar-refractivity contribution in [1.29, 1.82) is 0 Å². The van der Waals surface area contributed by atoms with Crippen LogP contribution in [0.4, 0.5) is 5.69 Å². The van der Waals surface area contributed by atoms with Crippen molar-refractivity contribution < 1.29 is 9.59 Å². The van der Waals surface area contributed by atoms with E-state index in [-0.39, 0.29) is 11.8 Å². The quantitative estimate of drug-likeness (QED) is 0.766. The Hall–Kier alpha value is -1.59. The van der Waals surface area contributed by atoms with E-state index in [9.17, 15) is 9.59 Å². The number of carbonyl (C=O) groups excluding carboxylic acids is 2. The van der Waals surface area contributed by atoms with Crippen LogP contribution in [-0.2, 0) is 9.59 Å². The summed E-state index contributed by atoms with van der Waals surface area (Å²) in [5.74, 6) is -0.00221. The van der Waals surface area contributed by atoms with Gasteiger partial charge in [-0.15, -0.1) is 0 Å². The lowest BCUT2D eigenvalue weighted by Gasteiger charge is -2.36. The average Bonchev–Trinajstić information content (AvgIpc) is 2.59. The molecule has 2 amide bonds. The fourth-order valence-corrected chi connectivity index (χ4v) is 3.51. The lowest BCUT2D eigenvalue weighted by Crippen LogP contribution is -2.47. The third kappa shape index (κ3) is 4.28. The summed E-state index contributed by atoms with van der Waals surface area (Å²) < 4.78 is 0. The first-order valence-corrected chi connectivity index (χ1v) is 9.07. The van der Waals surface area contributed by atoms with Crippen molar-refractivity contribution in [3.05, 3.63) is 29.3 Å². The van der Waals surface area contributed by atoms with Gasteiger partial charge in [-0.05, 0) is 43.7 Å². The summed E-state index contributed by atoms with van der Waals surface area (Å²) in [5, 5.41) is 0.763. The van der Waals surface area contributed by atoms with Crippen molar-refractivity contribution in [1.82, 2.24) is 9.80 Å². The molecule has 24 heavy (non-hydrogen) atoms. The Morgan fingerprint density at radius 2 is 1.50 bits per heavy atom. The molecule has 2 aliphatic rings. The number of imide groups is 1. The number of piperazine rings is 1. The van der Waals surface area contributed by atoms with Crippen molar-refractivity contribution in [2.45, 2.75) is 25.7 Å². The number of amides is 2. The van der Waals surface area contributed by atoms with Crippen LogP contribution < -0.4 is 4.90 Å². The molecule has 2 aliphatic heterocycles. The first kappa shape index (κ1) is 17.2. The number of hydrogen-bond donors (Lipinski definition) is 0. The third-order valence-corrected chi connectivity index (χ3v) is 5.06. The van der Waals surface area contributed by atoms with E-state index in [1.165, 1.54) is 10.6 Å². The molecule has 0 aliphatic carbocycles. The van der Waals surface area contributed by atoms with Crippen LogP contribution in [-0.4, -0.2) is 60.9 Å². The molecule has 0 aromatic heterocycles. The van der Waals surface area contributed by atoms with E-state index >= 15 is 0 Å². The summed E-state index contributed by atoms with van der Waals surface area (Å²) in [5.41, 5.74) is 1.21. The van der Waals surface area contributed by atoms with Crippen LogP contribution >= 0.6 is 11.6 Å². The molecule has 1 aromatic rings. The maximum Gasteiger partial charge on any atom is 0.229 e. The molecule has 0 N–H and O–H groups in total. The third-order valence-electron chi connectivity index (χ3n) is 4.80. The van der Waals surface area contributed by atoms with Gasteiger partial charge < -0.3 is 4.90 Å². The smallest absolute Gasteiger partial charge is 0.229 e. The van der Waals surface area contributed by atoms with Crippen LogP contribution in [0.25, 0.3) is 0 Å². The van der Waals surface area contributed by atoms with Gasteiger partial charge >= 0.3 is 0 Å². The van der Waals surface area contributed by atoms with E-state index in [1.54, 1.807) is 0 Å². The van der Waals surface area contributed by atoms with Crippen LogP contribution in [0.15, 0.2) is 24.3 Å². The van der Waals surface area contributed by atoms with Crippen molar-refractivity contribution in [3.8, 4) is 0 Å². The summed E-state index contributed by atoms with van der Waals surface area (Å²) in [6.07, 6.45) is 2.61. The summed E-state index contributed by atoms with van der Waals surface area (Å²) in [4.78, 5) is 29.8. The molecule has 2 saturated heterocycles. The van der Waals surface area contributed by atoms with Crippen molar-refractivity contribution in [2.75, 3.05) is 44.2 Å². The number of hydrogen-bond acceptors (Lipinski definition) is 4. The Balaban J connectivity index is 1.40. The SMILES string of the molecule is O=C1CCCC(=O)N1CCCN1CCN(c2ccc(Cl)cc2)CC1. The summed E-state index contributed by atoms with van der Waals surface area (Å²) in [6, 6.07) is 7.98. The predicted octanol–water partition coefficient (Wildman–Crippen LogP) is 2.39. The molecule has 0 atom stereocenters. The van der Waals surface area contributed by atoms with Crippen molar-refractivity contribution in [2.24, 2.45) is 0 Å². The van der Waals surface area contributed by atoms with Gasteiger partial charge in [0.05, 0.1) is 0 Å². The second kappa shape index (κ2) is 7.99. The number of anilines is 1. The van der Waals surface area contributed by atoms with Crippen LogP contribution in [0.5, 0.6) is 0 Å². The van der Waals surface area contributed by atoms with Gasteiger partial charge in [0, 0.05) is 56.3 Å². The van der Waals surface area contributed by atoms with Crippen molar-refractivity contribution in [3.63, 3.8) is 0 Å². The molecule has 6 heteroatoms. The minimum atomic E-state index is -0.00110. The highest BCUT2D eigenvalue weighted by atomic mass is 35.5. The van der Waals surface area contributed by atoms with E-state index in [0.717, 1.165) is 44.2 Å². The monoisotopic (exact) mass is 349 g/mol. The standard InChI is InChI=1S/C18H24ClN3O2/c19-15-5-7-16(8-6-15)21-13-11-20(12-14-21)9-2-10-22-17(23)3-1-4-18(22)24/h5-8H,1-4,9-14H2. The molecule has 0 bridgehead atoms. The Morgan fingerprint density at radius 1 is 0.875 bits per heavy atom. The molecule has 130 valence electrons. The summed E-state index contributed by atoms with van der Waals surface area (Å²) in [7, 11) is 0. The van der Waals surface area contributed by atoms with E-state index in [0.29, 0.717) is 25.8 Å². The number of piperidine rings is 1. The highest BCUT2D eigenvalue weighted by Crippen LogP contribution is 2.19. The Morgan fingerprint density at radius 3 is 2.12 bits per heavy atom. The van der Waals surface area contributed by atoms with Gasteiger partial charge in [-0.3, -0.25) is 19.4 Å². The van der Waals surface area contributed by atoms with Crippen LogP contribution in [0.3, 0.4) is 0 Å². The second-order valence-electron chi connectivity index (χ2n) is 6.45. The van der Waals surface area contributed by atoms with Gasteiger partial charge in [0.1, 0.15) is 0 Å². The zero-order valence-corrected chi connectivity index (χ0v) is 14.7. The molecule has 1 aromatic carbocycles. The molecule has 0 saturated carbocycles. The lowest BCUT2D eigenvalue weighted by molar-refractivity contribution is -0.148. The first-order valence-electron chi connectivity index (χ1n) is 8.69. The number of nitrogens with zero attached hydrogens (tertiary/aromatic N) is 3. The fourth-order valence-electron chi connectivity index (χ4n) is 3.38. The van der Waals surface area contributed by atoms with E-state index in [2.05, 4.69) is 21.9 Å². The minimum Gasteiger partial charge on any atom is -0.369 e. The highest BCUT2D eigenvalue weighted by molar-refractivity contribution is 6.30. The Kier molecular flexibility index (Phi) is 5.74. The van der Waals surface area contributed by atoms with E-state index in [4.69, 9.17) is 11.6 Å². The lowest BCUT2D eigenvalue weighted by atomic mass is 10.1. The van der Waals surface area contributed by atoms with Gasteiger partial charge in [-0.25, -0.2) is 0 Å². The van der Waals surface area contributed by atoms with Gasteiger partial charge in [0.15, 0.2) is 0 Å². The van der Waals surface area contributed by atoms with Gasteiger partial charge in [0.25, 0.3) is 0 Å². The number of benzene rings is 1. The molecular weight excluding hydrogens is 326 g/mol. The van der Waals surface area contributed by atoms with Crippen LogP contribution in [0.1, 0.15) is 25.7 Å². The number of halogens is 1. The average molecular weight is 350 g/mol. The molecule has 5 nitrogen and oxygen atoms in total.